The minimum Gasteiger partial charge on any atom is -0.248 e. The summed E-state index contributed by atoms with van der Waals surface area (Å²) in [5.74, 6) is 0. The van der Waals surface area contributed by atoms with Gasteiger partial charge in [0.1, 0.15) is 4.60 Å². The third-order valence-electron chi connectivity index (χ3n) is 2.88. The molecular formula is C12H21BrINSi2. The van der Waals surface area contributed by atoms with E-state index in [0.717, 1.165) is 9.77 Å². The van der Waals surface area contributed by atoms with E-state index in [2.05, 4.69) is 95.1 Å². The van der Waals surface area contributed by atoms with E-state index < -0.39 is 16.1 Å². The molecule has 0 radical (unpaired) electrons. The van der Waals surface area contributed by atoms with Crippen molar-refractivity contribution in [2.24, 2.45) is 0 Å². The van der Waals surface area contributed by atoms with E-state index in [1.807, 2.05) is 0 Å². The van der Waals surface area contributed by atoms with Crippen LogP contribution in [0.4, 0.5) is 0 Å². The fourth-order valence-corrected chi connectivity index (χ4v) is 16.3. The monoisotopic (exact) mass is 441 g/mol. The van der Waals surface area contributed by atoms with Crippen molar-refractivity contribution >= 4 is 54.7 Å². The van der Waals surface area contributed by atoms with Gasteiger partial charge in [-0.2, -0.15) is 0 Å². The fourth-order valence-electron chi connectivity index (χ4n) is 2.89. The second-order valence-electron chi connectivity index (χ2n) is 6.71. The zero-order valence-corrected chi connectivity index (χ0v) is 17.2. The molecule has 0 aromatic carbocycles. The van der Waals surface area contributed by atoms with Gasteiger partial charge in [-0.15, -0.1) is 0 Å². The summed E-state index contributed by atoms with van der Waals surface area (Å²) in [5.41, 5.74) is 1.45. The van der Waals surface area contributed by atoms with Gasteiger partial charge in [0, 0.05) is 25.9 Å². The second-order valence-corrected chi connectivity index (χ2v) is 19.8. The van der Waals surface area contributed by atoms with Crippen LogP contribution in [0.15, 0.2) is 16.9 Å². The van der Waals surface area contributed by atoms with Gasteiger partial charge in [-0.3, -0.25) is 0 Å². The van der Waals surface area contributed by atoms with E-state index in [-0.39, 0.29) is 0 Å². The number of hydrogen-bond acceptors (Lipinski definition) is 1. The van der Waals surface area contributed by atoms with Gasteiger partial charge in [-0.1, -0.05) is 39.3 Å². The molecule has 0 aliphatic heterocycles. The maximum Gasteiger partial charge on any atom is 0.119 e. The molecule has 0 atom stereocenters. The highest BCUT2D eigenvalue weighted by molar-refractivity contribution is 14.1. The summed E-state index contributed by atoms with van der Waals surface area (Å²) < 4.78 is 2.19. The van der Waals surface area contributed by atoms with Gasteiger partial charge in [0.15, 0.2) is 0 Å². The van der Waals surface area contributed by atoms with Crippen molar-refractivity contribution in [2.45, 2.75) is 44.4 Å². The highest BCUT2D eigenvalue weighted by Crippen LogP contribution is 2.36. The molecule has 0 saturated heterocycles. The minimum atomic E-state index is -1.20. The van der Waals surface area contributed by atoms with Crippen LogP contribution >= 0.6 is 38.5 Å². The molecule has 1 rings (SSSR count). The van der Waals surface area contributed by atoms with Crippen LogP contribution in [0.5, 0.6) is 0 Å². The van der Waals surface area contributed by atoms with E-state index in [1.54, 1.807) is 0 Å². The Morgan fingerprint density at radius 1 is 1.12 bits per heavy atom. The van der Waals surface area contributed by atoms with Crippen LogP contribution < -0.4 is 0 Å². The third-order valence-corrected chi connectivity index (χ3v) is 14.4. The summed E-state index contributed by atoms with van der Waals surface area (Å²) in [6.07, 6.45) is 2.08. The Morgan fingerprint density at radius 3 is 1.94 bits per heavy atom. The fraction of sp³-hybridized carbons (Fsp3) is 0.583. The molecule has 1 aromatic heterocycles. The topological polar surface area (TPSA) is 12.9 Å². The van der Waals surface area contributed by atoms with Crippen molar-refractivity contribution in [1.82, 2.24) is 4.98 Å². The lowest BCUT2D eigenvalue weighted by atomic mass is 10.3. The molecule has 0 fully saturated rings. The molecule has 1 heterocycles. The number of nitrogens with zero attached hydrogens (tertiary/aromatic N) is 1. The maximum atomic E-state index is 4.48. The van der Waals surface area contributed by atoms with Crippen molar-refractivity contribution in [2.75, 3.05) is 0 Å². The largest absolute Gasteiger partial charge is 0.248 e. The predicted molar refractivity (Wildman–Crippen MR) is 94.1 cm³/mol. The highest BCUT2D eigenvalue weighted by atomic mass is 127. The Kier molecular flexibility index (Phi) is 5.06. The number of halogens is 2. The van der Waals surface area contributed by atoms with E-state index in [9.17, 15) is 0 Å². The molecule has 0 N–H and O–H groups in total. The second kappa shape index (κ2) is 5.42. The number of pyridine rings is 1. The first-order valence-corrected chi connectivity index (χ1v) is 14.9. The molecule has 0 unspecified atom stereocenters. The molecule has 0 bridgehead atoms. The summed E-state index contributed by atoms with van der Waals surface area (Å²) in [4.78, 5) is 4.48. The van der Waals surface area contributed by atoms with E-state index in [0.29, 0.717) is 0 Å². The van der Waals surface area contributed by atoms with Crippen LogP contribution in [0.2, 0.25) is 39.3 Å². The van der Waals surface area contributed by atoms with Gasteiger partial charge in [-0.05, 0) is 55.3 Å². The lowest BCUT2D eigenvalue weighted by Gasteiger charge is -2.38. The molecular weight excluding hydrogens is 421 g/mol. The summed E-state index contributed by atoms with van der Waals surface area (Å²) >= 11 is 5.84. The minimum absolute atomic E-state index is 0.768. The standard InChI is InChI=1S/C12H21BrINSi2/c1-16(2,3)12(17(4,5)6)9-7-10(14)11(13)15-8-9/h7-8,12H,1-6H3. The average Bonchev–Trinajstić information content (AvgIpc) is 2.06. The number of hydrogen-bond donors (Lipinski definition) is 0. The van der Waals surface area contributed by atoms with Crippen LogP contribution in [-0.4, -0.2) is 21.1 Å². The molecule has 1 aromatic rings. The average molecular weight is 442 g/mol. The zero-order valence-electron chi connectivity index (χ0n) is 11.4. The molecule has 1 nitrogen and oxygen atoms in total. The molecule has 0 spiro atoms. The predicted octanol–water partition coefficient (Wildman–Crippen LogP) is 5.29. The molecule has 17 heavy (non-hydrogen) atoms. The summed E-state index contributed by atoms with van der Waals surface area (Å²) in [6.45, 7) is 14.9. The molecule has 0 aliphatic rings. The summed E-state index contributed by atoms with van der Waals surface area (Å²) in [7, 11) is -2.40. The molecule has 0 saturated carbocycles. The van der Waals surface area contributed by atoms with Crippen LogP contribution in [0, 0.1) is 3.57 Å². The van der Waals surface area contributed by atoms with Gasteiger partial charge in [-0.25, -0.2) is 4.98 Å². The Morgan fingerprint density at radius 2 is 1.59 bits per heavy atom. The normalized spacial score (nSPS) is 13.2. The van der Waals surface area contributed by atoms with E-state index in [4.69, 9.17) is 0 Å². The van der Waals surface area contributed by atoms with Crippen LogP contribution in [0.25, 0.3) is 0 Å². The Hall–Kier alpha value is 0.794. The molecule has 96 valence electrons. The van der Waals surface area contributed by atoms with Crippen LogP contribution in [0.1, 0.15) is 10.7 Å². The number of rotatable bonds is 3. The van der Waals surface area contributed by atoms with Gasteiger partial charge >= 0.3 is 0 Å². The molecule has 0 aliphatic carbocycles. The number of aromatic nitrogens is 1. The van der Waals surface area contributed by atoms with Crippen LogP contribution in [0.3, 0.4) is 0 Å². The van der Waals surface area contributed by atoms with E-state index >= 15 is 0 Å². The Bertz CT molecular complexity index is 396. The summed E-state index contributed by atoms with van der Waals surface area (Å²) in [5, 5.41) is 0.768. The van der Waals surface area contributed by atoms with Gasteiger partial charge in [0.25, 0.3) is 0 Å². The van der Waals surface area contributed by atoms with Gasteiger partial charge in [0.05, 0.1) is 0 Å². The van der Waals surface area contributed by atoms with Gasteiger partial charge in [0.2, 0.25) is 0 Å². The molecule has 0 amide bonds. The van der Waals surface area contributed by atoms with E-state index in [1.165, 1.54) is 9.13 Å². The van der Waals surface area contributed by atoms with Crippen molar-refractivity contribution in [3.63, 3.8) is 0 Å². The smallest absolute Gasteiger partial charge is 0.119 e. The lowest BCUT2D eigenvalue weighted by Crippen LogP contribution is -2.46. The SMILES string of the molecule is C[Si](C)(C)C(c1cnc(Br)c(I)c1)[Si](C)(C)C. The van der Waals surface area contributed by atoms with Crippen molar-refractivity contribution < 1.29 is 0 Å². The Balaban J connectivity index is 3.29. The van der Waals surface area contributed by atoms with Crippen molar-refractivity contribution in [3.05, 3.63) is 26.0 Å². The quantitative estimate of drug-likeness (QED) is 0.353. The first-order chi connectivity index (χ1) is 7.53. The van der Waals surface area contributed by atoms with Crippen LogP contribution in [-0.2, 0) is 0 Å². The first kappa shape index (κ1) is 15.8. The van der Waals surface area contributed by atoms with Gasteiger partial charge < -0.3 is 0 Å². The summed E-state index contributed by atoms with van der Waals surface area (Å²) in [6, 6.07) is 2.32. The highest BCUT2D eigenvalue weighted by Gasteiger charge is 2.38. The maximum absolute atomic E-state index is 4.48. The van der Waals surface area contributed by atoms with Crippen molar-refractivity contribution in [3.8, 4) is 0 Å². The third kappa shape index (κ3) is 4.14. The van der Waals surface area contributed by atoms with Crippen molar-refractivity contribution in [1.29, 1.82) is 0 Å². The zero-order chi connectivity index (χ0) is 13.4. The first-order valence-electron chi connectivity index (χ1n) is 5.84. The Labute approximate surface area is 129 Å². The lowest BCUT2D eigenvalue weighted by molar-refractivity contribution is 1.11. The molecule has 5 heteroatoms.